The quantitative estimate of drug-likeness (QED) is 0.700. The highest BCUT2D eigenvalue weighted by molar-refractivity contribution is 9.10. The number of aryl methyl sites for hydroxylation is 2. The molecule has 3 rings (SSSR count). The molecule has 4 heteroatoms. The highest BCUT2D eigenvalue weighted by atomic mass is 79.9. The number of hydrogen-bond acceptors (Lipinski definition) is 2. The number of imidazole rings is 1. The number of benzene rings is 2. The van der Waals surface area contributed by atoms with Crippen molar-refractivity contribution in [3.63, 3.8) is 0 Å². The van der Waals surface area contributed by atoms with Crippen LogP contribution < -0.4 is 4.74 Å². The van der Waals surface area contributed by atoms with Gasteiger partial charge in [0, 0.05) is 10.0 Å². The minimum atomic E-state index is 0.738. The number of rotatable bonds is 3. The van der Waals surface area contributed by atoms with Gasteiger partial charge in [-0.15, -0.1) is 0 Å². The number of hydrogen-bond donors (Lipinski definition) is 0. The molecule has 0 bridgehead atoms. The van der Waals surface area contributed by atoms with Gasteiger partial charge in [-0.25, -0.2) is 4.98 Å². The Hall–Kier alpha value is -1.81. The summed E-state index contributed by atoms with van der Waals surface area (Å²) in [5.74, 6) is 0.892. The first-order valence-electron chi connectivity index (χ1n) is 6.83. The first kappa shape index (κ1) is 14.1. The first-order valence-corrected chi connectivity index (χ1v) is 7.62. The van der Waals surface area contributed by atoms with Crippen LogP contribution in [0, 0.1) is 13.8 Å². The lowest BCUT2D eigenvalue weighted by Gasteiger charge is -2.11. The molecule has 0 radical (unpaired) electrons. The molecule has 2 aromatic carbocycles. The van der Waals surface area contributed by atoms with Crippen molar-refractivity contribution in [2.45, 2.75) is 20.4 Å². The summed E-state index contributed by atoms with van der Waals surface area (Å²) in [5, 5.41) is 0. The molecular weight excluding hydrogens is 328 g/mol. The maximum atomic E-state index is 5.45. The predicted octanol–water partition coefficient (Wildman–Crippen LogP) is 4.47. The SMILES string of the molecule is COc1ccc(Br)cc1Cn1cnc2cc(C)c(C)cc21. The molecule has 108 valence electrons. The number of methoxy groups -OCH3 is 1. The summed E-state index contributed by atoms with van der Waals surface area (Å²) in [6, 6.07) is 10.4. The summed E-state index contributed by atoms with van der Waals surface area (Å²) < 4.78 is 8.66. The molecule has 0 saturated carbocycles. The fraction of sp³-hybridized carbons (Fsp3) is 0.235. The molecule has 0 N–H and O–H groups in total. The molecule has 1 aromatic heterocycles. The average molecular weight is 345 g/mol. The van der Waals surface area contributed by atoms with Crippen LogP contribution in [0.2, 0.25) is 0 Å². The zero-order valence-electron chi connectivity index (χ0n) is 12.4. The molecule has 0 atom stereocenters. The van der Waals surface area contributed by atoms with Gasteiger partial charge in [-0.3, -0.25) is 0 Å². The molecule has 0 aliphatic heterocycles. The van der Waals surface area contributed by atoms with Crippen molar-refractivity contribution in [2.75, 3.05) is 7.11 Å². The molecular formula is C17H17BrN2O. The third-order valence-corrected chi connectivity index (χ3v) is 4.31. The fourth-order valence-corrected chi connectivity index (χ4v) is 2.90. The average Bonchev–Trinajstić information content (AvgIpc) is 2.82. The van der Waals surface area contributed by atoms with Gasteiger partial charge in [0.25, 0.3) is 0 Å². The van der Waals surface area contributed by atoms with Gasteiger partial charge in [0.15, 0.2) is 0 Å². The number of halogens is 1. The second-order valence-electron chi connectivity index (χ2n) is 5.25. The zero-order chi connectivity index (χ0) is 15.0. The van der Waals surface area contributed by atoms with Gasteiger partial charge < -0.3 is 9.30 Å². The summed E-state index contributed by atoms with van der Waals surface area (Å²) in [5.41, 5.74) is 5.87. The normalized spacial score (nSPS) is 11.0. The highest BCUT2D eigenvalue weighted by Crippen LogP contribution is 2.26. The van der Waals surface area contributed by atoms with E-state index in [1.54, 1.807) is 7.11 Å². The van der Waals surface area contributed by atoms with Gasteiger partial charge in [-0.1, -0.05) is 15.9 Å². The maximum absolute atomic E-state index is 5.45. The van der Waals surface area contributed by atoms with Crippen molar-refractivity contribution < 1.29 is 4.74 Å². The lowest BCUT2D eigenvalue weighted by molar-refractivity contribution is 0.408. The first-order chi connectivity index (χ1) is 10.1. The highest BCUT2D eigenvalue weighted by Gasteiger charge is 2.09. The standard InChI is InChI=1S/C17H17BrN2O/c1-11-6-15-16(7-12(11)2)20(10-19-15)9-13-8-14(18)4-5-17(13)21-3/h4-8,10H,9H2,1-3H3. The second-order valence-corrected chi connectivity index (χ2v) is 6.17. The van der Waals surface area contributed by atoms with E-state index < -0.39 is 0 Å². The van der Waals surface area contributed by atoms with Gasteiger partial charge >= 0.3 is 0 Å². The third kappa shape index (κ3) is 2.68. The summed E-state index contributed by atoms with van der Waals surface area (Å²) in [6.07, 6.45) is 1.89. The van der Waals surface area contributed by atoms with Crippen LogP contribution in [0.5, 0.6) is 5.75 Å². The van der Waals surface area contributed by atoms with Gasteiger partial charge in [-0.05, 0) is 55.3 Å². The third-order valence-electron chi connectivity index (χ3n) is 3.82. The van der Waals surface area contributed by atoms with E-state index in [1.807, 2.05) is 18.5 Å². The van der Waals surface area contributed by atoms with E-state index in [9.17, 15) is 0 Å². The predicted molar refractivity (Wildman–Crippen MR) is 89.0 cm³/mol. The van der Waals surface area contributed by atoms with E-state index >= 15 is 0 Å². The number of fused-ring (bicyclic) bond motifs is 1. The van der Waals surface area contributed by atoms with Crippen LogP contribution in [0.4, 0.5) is 0 Å². The van der Waals surface area contributed by atoms with Crippen molar-refractivity contribution in [1.82, 2.24) is 9.55 Å². The molecule has 0 unspecified atom stereocenters. The minimum absolute atomic E-state index is 0.738. The van der Waals surface area contributed by atoms with E-state index in [0.717, 1.165) is 33.4 Å². The van der Waals surface area contributed by atoms with Crippen molar-refractivity contribution in [3.05, 3.63) is 57.8 Å². The molecule has 0 amide bonds. The summed E-state index contributed by atoms with van der Waals surface area (Å²) in [7, 11) is 1.70. The van der Waals surface area contributed by atoms with Crippen LogP contribution >= 0.6 is 15.9 Å². The zero-order valence-corrected chi connectivity index (χ0v) is 13.9. The van der Waals surface area contributed by atoms with E-state index in [2.05, 4.69) is 57.5 Å². The van der Waals surface area contributed by atoms with Crippen molar-refractivity contribution in [1.29, 1.82) is 0 Å². The Morgan fingerprint density at radius 2 is 1.90 bits per heavy atom. The molecule has 0 aliphatic rings. The Labute approximate surface area is 132 Å². The Morgan fingerprint density at radius 1 is 1.14 bits per heavy atom. The van der Waals surface area contributed by atoms with E-state index in [1.165, 1.54) is 11.1 Å². The van der Waals surface area contributed by atoms with Crippen LogP contribution in [-0.2, 0) is 6.54 Å². The molecule has 0 spiro atoms. The minimum Gasteiger partial charge on any atom is -0.496 e. The molecule has 3 aromatic rings. The number of nitrogens with zero attached hydrogens (tertiary/aromatic N) is 2. The van der Waals surface area contributed by atoms with Crippen LogP contribution in [-0.4, -0.2) is 16.7 Å². The van der Waals surface area contributed by atoms with Gasteiger partial charge in [-0.2, -0.15) is 0 Å². The smallest absolute Gasteiger partial charge is 0.123 e. The summed E-state index contributed by atoms with van der Waals surface area (Å²) >= 11 is 3.52. The molecule has 0 aliphatic carbocycles. The Morgan fingerprint density at radius 3 is 2.67 bits per heavy atom. The Kier molecular flexibility index (Phi) is 3.72. The Bertz CT molecular complexity index is 808. The summed E-state index contributed by atoms with van der Waals surface area (Å²) in [6.45, 7) is 4.98. The molecule has 21 heavy (non-hydrogen) atoms. The molecule has 0 fully saturated rings. The number of aromatic nitrogens is 2. The van der Waals surface area contributed by atoms with Crippen LogP contribution in [0.15, 0.2) is 41.1 Å². The summed E-state index contributed by atoms with van der Waals surface area (Å²) in [4.78, 5) is 4.51. The monoisotopic (exact) mass is 344 g/mol. The van der Waals surface area contributed by atoms with Crippen LogP contribution in [0.1, 0.15) is 16.7 Å². The van der Waals surface area contributed by atoms with Crippen molar-refractivity contribution >= 4 is 27.0 Å². The van der Waals surface area contributed by atoms with Crippen molar-refractivity contribution in [3.8, 4) is 5.75 Å². The topological polar surface area (TPSA) is 27.1 Å². The molecule has 1 heterocycles. The lowest BCUT2D eigenvalue weighted by atomic mass is 10.1. The van der Waals surface area contributed by atoms with Gasteiger partial charge in [0.1, 0.15) is 5.75 Å². The lowest BCUT2D eigenvalue weighted by Crippen LogP contribution is -2.01. The number of ether oxygens (including phenoxy) is 1. The van der Waals surface area contributed by atoms with E-state index in [4.69, 9.17) is 4.74 Å². The van der Waals surface area contributed by atoms with Crippen LogP contribution in [0.3, 0.4) is 0 Å². The van der Waals surface area contributed by atoms with Gasteiger partial charge in [0.2, 0.25) is 0 Å². The largest absolute Gasteiger partial charge is 0.496 e. The maximum Gasteiger partial charge on any atom is 0.123 e. The van der Waals surface area contributed by atoms with Gasteiger partial charge in [0.05, 0.1) is 31.0 Å². The molecule has 0 saturated heterocycles. The van der Waals surface area contributed by atoms with Crippen LogP contribution in [0.25, 0.3) is 11.0 Å². The second kappa shape index (κ2) is 5.53. The molecule has 3 nitrogen and oxygen atoms in total. The van der Waals surface area contributed by atoms with E-state index in [0.29, 0.717) is 0 Å². The Balaban J connectivity index is 2.06. The van der Waals surface area contributed by atoms with Crippen molar-refractivity contribution in [2.24, 2.45) is 0 Å². The van der Waals surface area contributed by atoms with E-state index in [-0.39, 0.29) is 0 Å². The fourth-order valence-electron chi connectivity index (χ4n) is 2.49.